The lowest BCUT2D eigenvalue weighted by Crippen LogP contribution is -2.39. The predicted octanol–water partition coefficient (Wildman–Crippen LogP) is 2.07. The van der Waals surface area contributed by atoms with Gasteiger partial charge in [0.25, 0.3) is 0 Å². The largest absolute Gasteiger partial charge is 0.342 e. The van der Waals surface area contributed by atoms with Crippen molar-refractivity contribution in [1.82, 2.24) is 24.8 Å². The Morgan fingerprint density at radius 2 is 2.12 bits per heavy atom. The van der Waals surface area contributed by atoms with Crippen molar-refractivity contribution >= 4 is 5.91 Å². The van der Waals surface area contributed by atoms with Crippen molar-refractivity contribution in [1.29, 1.82) is 0 Å². The van der Waals surface area contributed by atoms with Crippen LogP contribution in [0.2, 0.25) is 0 Å². The highest BCUT2D eigenvalue weighted by atomic mass is 16.5. The van der Waals surface area contributed by atoms with E-state index in [1.54, 1.807) is 0 Å². The third-order valence-corrected chi connectivity index (χ3v) is 4.91. The summed E-state index contributed by atoms with van der Waals surface area (Å²) in [7, 11) is 1.94. The minimum Gasteiger partial charge on any atom is -0.342 e. The van der Waals surface area contributed by atoms with Crippen molar-refractivity contribution in [2.45, 2.75) is 52.4 Å². The number of hydrogen-bond donors (Lipinski definition) is 0. The van der Waals surface area contributed by atoms with Gasteiger partial charge in [0.15, 0.2) is 5.82 Å². The van der Waals surface area contributed by atoms with Crippen LogP contribution in [0.4, 0.5) is 0 Å². The summed E-state index contributed by atoms with van der Waals surface area (Å²) in [5, 5.41) is 8.28. The fraction of sp³-hybridized carbons (Fsp3) is 0.647. The molecule has 0 unspecified atom stereocenters. The zero-order valence-electron chi connectivity index (χ0n) is 14.9. The molecule has 3 heterocycles. The molecule has 1 atom stereocenters. The Bertz CT molecular complexity index is 733. The van der Waals surface area contributed by atoms with Crippen molar-refractivity contribution in [3.05, 3.63) is 28.7 Å². The van der Waals surface area contributed by atoms with E-state index in [9.17, 15) is 4.79 Å². The second kappa shape index (κ2) is 6.75. The Kier molecular flexibility index (Phi) is 4.69. The Labute approximate surface area is 142 Å². The highest BCUT2D eigenvalue weighted by Gasteiger charge is 2.28. The van der Waals surface area contributed by atoms with Gasteiger partial charge in [0.1, 0.15) is 0 Å². The van der Waals surface area contributed by atoms with E-state index in [1.165, 1.54) is 5.56 Å². The normalized spacial score (nSPS) is 18.2. The third kappa shape index (κ3) is 3.34. The number of likely N-dealkylation sites (tertiary alicyclic amines) is 1. The number of rotatable bonds is 4. The number of nitrogens with zero attached hydrogens (tertiary/aromatic N) is 5. The van der Waals surface area contributed by atoms with Crippen molar-refractivity contribution < 1.29 is 9.32 Å². The molecular weight excluding hydrogens is 306 g/mol. The number of aryl methyl sites for hydroxylation is 3. The molecule has 1 fully saturated rings. The van der Waals surface area contributed by atoms with E-state index >= 15 is 0 Å². The first-order chi connectivity index (χ1) is 11.5. The first-order valence-corrected chi connectivity index (χ1v) is 8.52. The second-order valence-electron chi connectivity index (χ2n) is 6.63. The standard InChI is InChI=1S/C17H25N5O2/c1-11-15(12(2)21(4)19-11)7-8-16(23)22-9-5-6-14(10-22)17-18-13(3)20-24-17/h14H,5-10H2,1-4H3/t14-/m0/s1. The van der Waals surface area contributed by atoms with Crippen LogP contribution in [0, 0.1) is 20.8 Å². The number of carbonyl (C=O) groups excluding carboxylic acids is 1. The molecule has 0 bridgehead atoms. The van der Waals surface area contributed by atoms with Crippen LogP contribution in [0.1, 0.15) is 53.8 Å². The van der Waals surface area contributed by atoms with E-state index in [2.05, 4.69) is 22.2 Å². The van der Waals surface area contributed by atoms with E-state index in [0.29, 0.717) is 24.7 Å². The zero-order chi connectivity index (χ0) is 17.3. The highest BCUT2D eigenvalue weighted by molar-refractivity contribution is 5.76. The SMILES string of the molecule is Cc1noc([C@H]2CCCN(C(=O)CCc3c(C)nn(C)c3C)C2)n1. The molecule has 2 aromatic heterocycles. The molecule has 24 heavy (non-hydrogen) atoms. The third-order valence-electron chi connectivity index (χ3n) is 4.91. The van der Waals surface area contributed by atoms with Crippen LogP contribution in [0.3, 0.4) is 0 Å². The molecule has 1 aliphatic heterocycles. The fourth-order valence-corrected chi connectivity index (χ4v) is 3.45. The second-order valence-corrected chi connectivity index (χ2v) is 6.63. The summed E-state index contributed by atoms with van der Waals surface area (Å²) in [4.78, 5) is 18.9. The van der Waals surface area contributed by atoms with E-state index in [4.69, 9.17) is 4.52 Å². The van der Waals surface area contributed by atoms with Crippen LogP contribution in [-0.4, -0.2) is 43.8 Å². The topological polar surface area (TPSA) is 77.0 Å². The molecule has 0 aromatic carbocycles. The van der Waals surface area contributed by atoms with Gasteiger partial charge in [-0.15, -0.1) is 0 Å². The van der Waals surface area contributed by atoms with Gasteiger partial charge in [-0.3, -0.25) is 9.48 Å². The van der Waals surface area contributed by atoms with Crippen molar-refractivity contribution in [3.63, 3.8) is 0 Å². The number of carbonyl (C=O) groups is 1. The van der Waals surface area contributed by atoms with Crippen LogP contribution in [0.15, 0.2) is 4.52 Å². The first-order valence-electron chi connectivity index (χ1n) is 8.52. The number of amides is 1. The molecule has 1 aliphatic rings. The average molecular weight is 331 g/mol. The van der Waals surface area contributed by atoms with E-state index in [1.807, 2.05) is 30.5 Å². The Hall–Kier alpha value is -2.18. The molecule has 0 aliphatic carbocycles. The molecule has 3 rings (SSSR count). The minimum atomic E-state index is 0.158. The van der Waals surface area contributed by atoms with E-state index in [0.717, 1.165) is 37.2 Å². The number of aromatic nitrogens is 4. The van der Waals surface area contributed by atoms with Gasteiger partial charge in [0, 0.05) is 32.3 Å². The molecule has 0 radical (unpaired) electrons. The predicted molar refractivity (Wildman–Crippen MR) is 88.6 cm³/mol. The van der Waals surface area contributed by atoms with Crippen LogP contribution >= 0.6 is 0 Å². The average Bonchev–Trinajstić information content (AvgIpc) is 3.10. The van der Waals surface area contributed by atoms with Crippen LogP contribution < -0.4 is 0 Å². The lowest BCUT2D eigenvalue weighted by Gasteiger charge is -2.31. The summed E-state index contributed by atoms with van der Waals surface area (Å²) < 4.78 is 7.16. The molecule has 7 heteroatoms. The van der Waals surface area contributed by atoms with Gasteiger partial charge < -0.3 is 9.42 Å². The maximum Gasteiger partial charge on any atom is 0.231 e. The van der Waals surface area contributed by atoms with Crippen LogP contribution in [-0.2, 0) is 18.3 Å². The molecule has 1 saturated heterocycles. The van der Waals surface area contributed by atoms with Gasteiger partial charge in [0.2, 0.25) is 11.8 Å². The van der Waals surface area contributed by atoms with Gasteiger partial charge in [-0.2, -0.15) is 10.1 Å². The number of hydrogen-bond acceptors (Lipinski definition) is 5. The van der Waals surface area contributed by atoms with E-state index in [-0.39, 0.29) is 11.8 Å². The molecule has 7 nitrogen and oxygen atoms in total. The molecule has 2 aromatic rings. The summed E-state index contributed by atoms with van der Waals surface area (Å²) in [5.41, 5.74) is 3.34. The molecule has 0 saturated carbocycles. The van der Waals surface area contributed by atoms with Gasteiger partial charge in [0.05, 0.1) is 11.6 Å². The Balaban J connectivity index is 1.60. The highest BCUT2D eigenvalue weighted by Crippen LogP contribution is 2.26. The molecule has 0 spiro atoms. The maximum atomic E-state index is 12.6. The minimum absolute atomic E-state index is 0.158. The van der Waals surface area contributed by atoms with Gasteiger partial charge in [-0.05, 0) is 45.6 Å². The fourth-order valence-electron chi connectivity index (χ4n) is 3.45. The maximum absolute atomic E-state index is 12.6. The Morgan fingerprint density at radius 1 is 1.33 bits per heavy atom. The van der Waals surface area contributed by atoms with Gasteiger partial charge >= 0.3 is 0 Å². The quantitative estimate of drug-likeness (QED) is 0.857. The summed E-state index contributed by atoms with van der Waals surface area (Å²) in [5.74, 6) is 1.66. The molecule has 1 amide bonds. The lowest BCUT2D eigenvalue weighted by atomic mass is 9.97. The smallest absolute Gasteiger partial charge is 0.231 e. The summed E-state index contributed by atoms with van der Waals surface area (Å²) in [6.07, 6.45) is 3.23. The van der Waals surface area contributed by atoms with Crippen molar-refractivity contribution in [2.24, 2.45) is 7.05 Å². The summed E-state index contributed by atoms with van der Waals surface area (Å²) in [6.45, 7) is 7.35. The molecule has 130 valence electrons. The first kappa shape index (κ1) is 16.7. The lowest BCUT2D eigenvalue weighted by molar-refractivity contribution is -0.132. The number of piperidine rings is 1. The Morgan fingerprint density at radius 3 is 2.75 bits per heavy atom. The monoisotopic (exact) mass is 331 g/mol. The zero-order valence-corrected chi connectivity index (χ0v) is 14.9. The van der Waals surface area contributed by atoms with Gasteiger partial charge in [-0.1, -0.05) is 5.16 Å². The van der Waals surface area contributed by atoms with Crippen molar-refractivity contribution in [2.75, 3.05) is 13.1 Å². The molecular formula is C17H25N5O2. The summed E-state index contributed by atoms with van der Waals surface area (Å²) in [6, 6.07) is 0. The van der Waals surface area contributed by atoms with Crippen molar-refractivity contribution in [3.8, 4) is 0 Å². The van der Waals surface area contributed by atoms with E-state index < -0.39 is 0 Å². The van der Waals surface area contributed by atoms with Crippen LogP contribution in [0.5, 0.6) is 0 Å². The summed E-state index contributed by atoms with van der Waals surface area (Å²) >= 11 is 0. The van der Waals surface area contributed by atoms with Gasteiger partial charge in [-0.25, -0.2) is 0 Å². The molecule has 0 N–H and O–H groups in total. The van der Waals surface area contributed by atoms with Crippen LogP contribution in [0.25, 0.3) is 0 Å².